The van der Waals surface area contributed by atoms with Crippen LogP contribution in [0.2, 0.25) is 5.02 Å². The number of aliphatic imine (C=N–C) groups is 1. The third-order valence-corrected chi connectivity index (χ3v) is 5.57. The predicted octanol–water partition coefficient (Wildman–Crippen LogP) is 1.84. The van der Waals surface area contributed by atoms with Crippen LogP contribution in [0.5, 0.6) is 5.75 Å². The fourth-order valence-electron chi connectivity index (χ4n) is 3.93. The summed E-state index contributed by atoms with van der Waals surface area (Å²) >= 11 is 6.27. The van der Waals surface area contributed by atoms with Gasteiger partial charge in [-0.15, -0.1) is 0 Å². The zero-order valence-electron chi connectivity index (χ0n) is 15.6. The van der Waals surface area contributed by atoms with Crippen LogP contribution in [0, 0.1) is 0 Å². The van der Waals surface area contributed by atoms with Crippen LogP contribution in [0.3, 0.4) is 0 Å². The fourth-order valence-corrected chi connectivity index (χ4v) is 4.19. The van der Waals surface area contributed by atoms with E-state index < -0.39 is 12.2 Å². The van der Waals surface area contributed by atoms with Crippen molar-refractivity contribution in [2.45, 2.75) is 25.6 Å². The van der Waals surface area contributed by atoms with Gasteiger partial charge in [0, 0.05) is 32.4 Å². The molecule has 1 aromatic carbocycles. The topological polar surface area (TPSA) is 68.7 Å². The monoisotopic (exact) mass is 391 g/mol. The molecule has 9 heteroatoms. The molecule has 0 radical (unpaired) electrons. The summed E-state index contributed by atoms with van der Waals surface area (Å²) in [7, 11) is 3.28. The highest BCUT2D eigenvalue weighted by atomic mass is 35.5. The van der Waals surface area contributed by atoms with Crippen molar-refractivity contribution in [1.82, 2.24) is 14.7 Å². The number of ether oxygens (including phenoxy) is 1. The van der Waals surface area contributed by atoms with Gasteiger partial charge in [0.05, 0.1) is 12.1 Å². The molecule has 27 heavy (non-hydrogen) atoms. The van der Waals surface area contributed by atoms with Gasteiger partial charge in [0.1, 0.15) is 5.75 Å². The lowest BCUT2D eigenvalue weighted by atomic mass is 10.1. The first-order valence-electron chi connectivity index (χ1n) is 9.01. The molecule has 0 aliphatic carbocycles. The van der Waals surface area contributed by atoms with Crippen LogP contribution in [-0.2, 0) is 4.79 Å². The standard InChI is InChI=1S/C18H22ClN5O3/c1-4-7-24-16(25)14-15(21(2)18(24)26)20-17-22(8-9-23(14)17)11-5-6-13(27-3)12(19)10-11/h5-6,10,14-15H,4,7-9H2,1-3H3. The van der Waals surface area contributed by atoms with Gasteiger partial charge in [-0.2, -0.15) is 0 Å². The third kappa shape index (κ3) is 2.62. The summed E-state index contributed by atoms with van der Waals surface area (Å²) in [5.74, 6) is 1.14. The first kappa shape index (κ1) is 17.9. The van der Waals surface area contributed by atoms with Gasteiger partial charge >= 0.3 is 6.03 Å². The Morgan fingerprint density at radius 1 is 1.30 bits per heavy atom. The first-order chi connectivity index (χ1) is 13.0. The molecule has 4 rings (SSSR count). The summed E-state index contributed by atoms with van der Waals surface area (Å²) in [6.45, 7) is 3.74. The quantitative estimate of drug-likeness (QED) is 0.783. The number of anilines is 1. The number of likely N-dealkylation sites (N-methyl/N-ethyl adjacent to an activating group) is 1. The second-order valence-corrected chi connectivity index (χ2v) is 7.24. The predicted molar refractivity (Wildman–Crippen MR) is 102 cm³/mol. The largest absolute Gasteiger partial charge is 0.495 e. The van der Waals surface area contributed by atoms with E-state index in [1.807, 2.05) is 34.9 Å². The van der Waals surface area contributed by atoms with E-state index in [1.54, 1.807) is 19.1 Å². The Morgan fingerprint density at radius 2 is 2.07 bits per heavy atom. The number of rotatable bonds is 4. The molecule has 1 aromatic rings. The summed E-state index contributed by atoms with van der Waals surface area (Å²) in [6, 6.07) is 4.81. The van der Waals surface area contributed by atoms with Gasteiger partial charge in [-0.3, -0.25) is 9.69 Å². The first-order valence-corrected chi connectivity index (χ1v) is 9.39. The number of imide groups is 1. The van der Waals surface area contributed by atoms with Crippen LogP contribution >= 0.6 is 11.6 Å². The van der Waals surface area contributed by atoms with Gasteiger partial charge < -0.3 is 19.4 Å². The van der Waals surface area contributed by atoms with E-state index in [0.29, 0.717) is 36.4 Å². The van der Waals surface area contributed by atoms with E-state index in [-0.39, 0.29) is 11.9 Å². The lowest BCUT2D eigenvalue weighted by Gasteiger charge is -2.40. The number of guanidine groups is 1. The molecule has 3 aliphatic heterocycles. The van der Waals surface area contributed by atoms with E-state index in [2.05, 4.69) is 0 Å². The van der Waals surface area contributed by atoms with Crippen molar-refractivity contribution in [1.29, 1.82) is 0 Å². The molecule has 2 saturated heterocycles. The number of nitrogens with zero attached hydrogens (tertiary/aromatic N) is 5. The number of carbonyl (C=O) groups is 2. The maximum atomic E-state index is 13.0. The maximum Gasteiger partial charge on any atom is 0.328 e. The lowest BCUT2D eigenvalue weighted by molar-refractivity contribution is -0.137. The molecule has 2 unspecified atom stereocenters. The second-order valence-electron chi connectivity index (χ2n) is 6.83. The van der Waals surface area contributed by atoms with Crippen LogP contribution in [0.4, 0.5) is 10.5 Å². The minimum Gasteiger partial charge on any atom is -0.495 e. The molecule has 2 atom stereocenters. The van der Waals surface area contributed by atoms with Crippen LogP contribution in [0.15, 0.2) is 23.2 Å². The Kier molecular flexibility index (Phi) is 4.38. The average molecular weight is 392 g/mol. The molecule has 0 spiro atoms. The van der Waals surface area contributed by atoms with E-state index >= 15 is 0 Å². The molecule has 144 valence electrons. The van der Waals surface area contributed by atoms with Gasteiger partial charge in [0.25, 0.3) is 5.91 Å². The van der Waals surface area contributed by atoms with E-state index in [4.69, 9.17) is 21.3 Å². The molecule has 3 aliphatic rings. The number of fused-ring (bicyclic) bond motifs is 3. The molecule has 0 aromatic heterocycles. The van der Waals surface area contributed by atoms with Crippen LogP contribution in [0.1, 0.15) is 13.3 Å². The van der Waals surface area contributed by atoms with Crippen LogP contribution < -0.4 is 9.64 Å². The molecule has 3 heterocycles. The number of urea groups is 1. The normalized spacial score (nSPS) is 24.4. The number of hydrogen-bond donors (Lipinski definition) is 0. The summed E-state index contributed by atoms with van der Waals surface area (Å²) in [6.07, 6.45) is 0.233. The average Bonchev–Trinajstić information content (AvgIpc) is 3.22. The fraction of sp³-hybridized carbons (Fsp3) is 0.500. The van der Waals surface area contributed by atoms with Crippen molar-refractivity contribution in [3.8, 4) is 5.75 Å². The van der Waals surface area contributed by atoms with Crippen molar-refractivity contribution in [2.24, 2.45) is 4.99 Å². The smallest absolute Gasteiger partial charge is 0.328 e. The minimum atomic E-state index is -0.496. The molecular formula is C18H22ClN5O3. The van der Waals surface area contributed by atoms with Gasteiger partial charge in [0.2, 0.25) is 5.96 Å². The molecule has 3 amide bonds. The van der Waals surface area contributed by atoms with Gasteiger partial charge in [0.15, 0.2) is 12.2 Å². The number of hydrogen-bond acceptors (Lipinski definition) is 6. The van der Waals surface area contributed by atoms with Crippen molar-refractivity contribution in [2.75, 3.05) is 38.7 Å². The van der Waals surface area contributed by atoms with Gasteiger partial charge in [-0.1, -0.05) is 18.5 Å². The Hall–Kier alpha value is -2.48. The van der Waals surface area contributed by atoms with E-state index in [1.165, 1.54) is 4.90 Å². The Labute approximate surface area is 162 Å². The lowest BCUT2D eigenvalue weighted by Crippen LogP contribution is -2.64. The van der Waals surface area contributed by atoms with Gasteiger partial charge in [-0.05, 0) is 24.6 Å². The van der Waals surface area contributed by atoms with E-state index in [9.17, 15) is 9.59 Å². The summed E-state index contributed by atoms with van der Waals surface area (Å²) in [4.78, 5) is 37.2. The zero-order chi connectivity index (χ0) is 19.3. The van der Waals surface area contributed by atoms with Crippen LogP contribution in [-0.4, -0.2) is 78.6 Å². The van der Waals surface area contributed by atoms with Crippen molar-refractivity contribution >= 4 is 35.2 Å². The number of carbonyl (C=O) groups excluding carboxylic acids is 2. The maximum absolute atomic E-state index is 13.0. The van der Waals surface area contributed by atoms with Crippen molar-refractivity contribution in [3.63, 3.8) is 0 Å². The molecule has 8 nitrogen and oxygen atoms in total. The highest BCUT2D eigenvalue weighted by molar-refractivity contribution is 6.32. The summed E-state index contributed by atoms with van der Waals surface area (Å²) < 4.78 is 5.22. The number of amides is 3. The molecule has 2 fully saturated rings. The molecule has 0 N–H and O–H groups in total. The molecular weight excluding hydrogens is 370 g/mol. The number of halogens is 1. The Morgan fingerprint density at radius 3 is 2.74 bits per heavy atom. The van der Waals surface area contributed by atoms with Crippen molar-refractivity contribution in [3.05, 3.63) is 23.2 Å². The second kappa shape index (κ2) is 6.60. The SMILES string of the molecule is CCCN1C(=O)C2C(N=C3N(c4ccc(OC)c(Cl)c4)CCN32)N(C)C1=O. The molecule has 0 bridgehead atoms. The van der Waals surface area contributed by atoms with E-state index in [0.717, 1.165) is 12.1 Å². The summed E-state index contributed by atoms with van der Waals surface area (Å²) in [5.41, 5.74) is 0.882. The van der Waals surface area contributed by atoms with Crippen molar-refractivity contribution < 1.29 is 14.3 Å². The molecule has 0 saturated carbocycles. The number of benzene rings is 1. The number of methoxy groups -OCH3 is 1. The summed E-state index contributed by atoms with van der Waals surface area (Å²) in [5, 5.41) is 0.516. The Balaban J connectivity index is 1.66. The minimum absolute atomic E-state index is 0.168. The van der Waals surface area contributed by atoms with Gasteiger partial charge in [-0.25, -0.2) is 9.79 Å². The third-order valence-electron chi connectivity index (χ3n) is 5.27. The highest BCUT2D eigenvalue weighted by Gasteiger charge is 2.54. The van der Waals surface area contributed by atoms with Crippen LogP contribution in [0.25, 0.3) is 0 Å². The highest BCUT2D eigenvalue weighted by Crippen LogP contribution is 2.35. The Bertz CT molecular complexity index is 829. The zero-order valence-corrected chi connectivity index (χ0v) is 16.3.